The van der Waals surface area contributed by atoms with Crippen molar-refractivity contribution in [1.29, 1.82) is 0 Å². The van der Waals surface area contributed by atoms with Crippen molar-refractivity contribution >= 4 is 40.5 Å². The molecule has 11 heteroatoms. The van der Waals surface area contributed by atoms with Crippen LogP contribution in [0.1, 0.15) is 25.0 Å². The predicted octanol–water partition coefficient (Wildman–Crippen LogP) is 0.836. The van der Waals surface area contributed by atoms with Crippen LogP contribution in [0.25, 0.3) is 5.76 Å². The summed E-state index contributed by atoms with van der Waals surface area (Å²) in [5.74, 6) is -7.16. The van der Waals surface area contributed by atoms with Gasteiger partial charge in [-0.25, -0.2) is 0 Å². The number of anilines is 1. The summed E-state index contributed by atoms with van der Waals surface area (Å²) in [4.78, 5) is 39.9. The van der Waals surface area contributed by atoms with E-state index in [0.717, 1.165) is 6.07 Å². The van der Waals surface area contributed by atoms with Gasteiger partial charge in [0.25, 0.3) is 5.91 Å². The highest BCUT2D eigenvalue weighted by Crippen LogP contribution is 2.53. The Morgan fingerprint density at radius 2 is 1.85 bits per heavy atom. The van der Waals surface area contributed by atoms with Crippen molar-refractivity contribution in [2.75, 3.05) is 19.8 Å². The number of phenols is 1. The SMILES string of the molecule is C.CN(C)[C@@H]1C(=O)C(C(N)=O)=C(O)[C@@]2(O)C(=O)C3=C(O)c4c(O)cc(Cl)c(N)c4C[C@H]3C[C@@H]12. The van der Waals surface area contributed by atoms with Crippen molar-refractivity contribution < 1.29 is 34.8 Å². The quantitative estimate of drug-likeness (QED) is 0.203. The number of amides is 1. The summed E-state index contributed by atoms with van der Waals surface area (Å²) >= 11 is 6.06. The van der Waals surface area contributed by atoms with Gasteiger partial charge in [0.2, 0.25) is 5.78 Å². The summed E-state index contributed by atoms with van der Waals surface area (Å²) in [6.07, 6.45) is 0.0764. The summed E-state index contributed by atoms with van der Waals surface area (Å²) in [5.41, 5.74) is 7.92. The Kier molecular flexibility index (Phi) is 5.77. The van der Waals surface area contributed by atoms with Crippen LogP contribution in [0.15, 0.2) is 23.0 Å². The molecule has 1 aromatic carbocycles. The van der Waals surface area contributed by atoms with Crippen molar-refractivity contribution in [3.63, 3.8) is 0 Å². The maximum atomic E-state index is 13.6. The molecule has 10 nitrogen and oxygen atoms in total. The summed E-state index contributed by atoms with van der Waals surface area (Å²) in [7, 11) is 3.06. The molecule has 0 aliphatic heterocycles. The van der Waals surface area contributed by atoms with E-state index in [9.17, 15) is 34.8 Å². The maximum absolute atomic E-state index is 13.6. The minimum absolute atomic E-state index is 0. The Morgan fingerprint density at radius 3 is 2.39 bits per heavy atom. The van der Waals surface area contributed by atoms with Gasteiger partial charge in [0.15, 0.2) is 11.4 Å². The molecule has 0 heterocycles. The Hall–Kier alpha value is -3.08. The van der Waals surface area contributed by atoms with E-state index >= 15 is 0 Å². The zero-order valence-electron chi connectivity index (χ0n) is 17.2. The molecular weight excluding hydrogens is 454 g/mol. The van der Waals surface area contributed by atoms with Gasteiger partial charge in [-0.05, 0) is 38.4 Å². The minimum atomic E-state index is -2.67. The van der Waals surface area contributed by atoms with Crippen LogP contribution < -0.4 is 11.5 Å². The van der Waals surface area contributed by atoms with Crippen molar-refractivity contribution in [2.45, 2.75) is 31.9 Å². The number of carbonyl (C=O) groups is 3. The van der Waals surface area contributed by atoms with Crippen molar-refractivity contribution in [2.24, 2.45) is 17.6 Å². The van der Waals surface area contributed by atoms with E-state index in [1.165, 1.54) is 19.0 Å². The average Bonchev–Trinajstić information content (AvgIpc) is 2.68. The second kappa shape index (κ2) is 7.75. The van der Waals surface area contributed by atoms with Crippen LogP contribution in [0.2, 0.25) is 5.02 Å². The van der Waals surface area contributed by atoms with Gasteiger partial charge in [-0.2, -0.15) is 0 Å². The molecule has 0 unspecified atom stereocenters. The predicted molar refractivity (Wildman–Crippen MR) is 120 cm³/mol. The number of aromatic hydroxyl groups is 1. The molecular formula is C22H26ClN3O7. The van der Waals surface area contributed by atoms with Crippen LogP contribution in [0, 0.1) is 11.8 Å². The standard InChI is InChI=1S/C21H22ClN3O7.CH4/c1-25(2)15-8-4-6-3-7-12(10(26)5-9(22)14(7)23)16(27)11(6)18(29)21(8,32)19(30)13(17(15)28)20(24)31;/h5-6,8,15,26-27,30,32H,3-4,23H2,1-2H3,(H2,24,31);1H4/t6-,8-,15-,21-;/m0./s1. The molecule has 0 aromatic heterocycles. The number of halogens is 1. The van der Waals surface area contributed by atoms with E-state index in [1.807, 2.05) is 0 Å². The zero-order valence-corrected chi connectivity index (χ0v) is 18.0. The number of Topliss-reactive ketones (excluding diaryl/α,β-unsaturated/α-hetero) is 2. The first-order chi connectivity index (χ1) is 14.8. The van der Waals surface area contributed by atoms with E-state index in [1.54, 1.807) is 0 Å². The number of nitrogens with two attached hydrogens (primary N) is 2. The third-order valence-corrected chi connectivity index (χ3v) is 7.03. The van der Waals surface area contributed by atoms with E-state index in [-0.39, 0.29) is 42.1 Å². The van der Waals surface area contributed by atoms with Crippen LogP contribution in [0.3, 0.4) is 0 Å². The molecule has 4 rings (SSSR count). The molecule has 3 aliphatic rings. The number of fused-ring (bicyclic) bond motifs is 3. The third kappa shape index (κ3) is 3.05. The van der Waals surface area contributed by atoms with Gasteiger partial charge >= 0.3 is 0 Å². The fourth-order valence-corrected chi connectivity index (χ4v) is 5.53. The van der Waals surface area contributed by atoms with Gasteiger partial charge in [-0.15, -0.1) is 0 Å². The first-order valence-electron chi connectivity index (χ1n) is 9.78. The lowest BCUT2D eigenvalue weighted by molar-refractivity contribution is -0.153. The number of hydrogen-bond donors (Lipinski definition) is 6. The number of phenolic OH excluding ortho intramolecular Hbond substituents is 1. The number of ketones is 2. The number of aliphatic hydroxyl groups is 3. The maximum Gasteiger partial charge on any atom is 0.255 e. The molecule has 0 bridgehead atoms. The largest absolute Gasteiger partial charge is 0.508 e. The summed E-state index contributed by atoms with van der Waals surface area (Å²) in [6.45, 7) is 0. The van der Waals surface area contributed by atoms with Crippen LogP contribution in [0.5, 0.6) is 5.75 Å². The number of rotatable bonds is 2. The van der Waals surface area contributed by atoms with Crippen LogP contribution >= 0.6 is 11.6 Å². The number of aliphatic hydroxyl groups excluding tert-OH is 2. The monoisotopic (exact) mass is 479 g/mol. The molecule has 33 heavy (non-hydrogen) atoms. The number of carbonyl (C=O) groups excluding carboxylic acids is 3. The second-order valence-corrected chi connectivity index (χ2v) is 9.01. The number of benzene rings is 1. The van der Waals surface area contributed by atoms with Gasteiger partial charge in [-0.3, -0.25) is 19.3 Å². The molecule has 1 amide bonds. The van der Waals surface area contributed by atoms with Crippen LogP contribution in [-0.2, 0) is 20.8 Å². The lowest BCUT2D eigenvalue weighted by Gasteiger charge is -2.50. The van der Waals surface area contributed by atoms with E-state index in [4.69, 9.17) is 23.1 Å². The van der Waals surface area contributed by atoms with Gasteiger partial charge in [-0.1, -0.05) is 19.0 Å². The molecule has 1 saturated carbocycles. The molecule has 1 fully saturated rings. The summed E-state index contributed by atoms with van der Waals surface area (Å²) in [5, 5.41) is 43.5. The number of nitrogen functional groups attached to an aromatic ring is 1. The number of nitrogens with zero attached hydrogens (tertiary/aromatic N) is 1. The van der Waals surface area contributed by atoms with Gasteiger partial charge in [0.1, 0.15) is 22.8 Å². The molecule has 0 radical (unpaired) electrons. The lowest BCUT2D eigenvalue weighted by atomic mass is 9.57. The zero-order chi connectivity index (χ0) is 23.9. The van der Waals surface area contributed by atoms with Crippen LogP contribution in [-0.4, -0.2) is 68.5 Å². The average molecular weight is 480 g/mol. The van der Waals surface area contributed by atoms with E-state index in [0.29, 0.717) is 5.56 Å². The molecule has 3 aliphatic carbocycles. The molecule has 1 aromatic rings. The van der Waals surface area contributed by atoms with Crippen molar-refractivity contribution in [3.05, 3.63) is 39.1 Å². The molecule has 178 valence electrons. The summed E-state index contributed by atoms with van der Waals surface area (Å²) in [6, 6.07) is -0.0146. The number of likely N-dealkylation sites (N-methyl/N-ethyl adjacent to an activating group) is 1. The molecule has 0 saturated heterocycles. The van der Waals surface area contributed by atoms with Crippen molar-refractivity contribution in [3.8, 4) is 5.75 Å². The first kappa shape index (κ1) is 24.6. The highest BCUT2D eigenvalue weighted by molar-refractivity contribution is 6.33. The molecule has 0 spiro atoms. The fraction of sp³-hybridized carbons (Fsp3) is 0.409. The second-order valence-electron chi connectivity index (χ2n) is 8.61. The van der Waals surface area contributed by atoms with E-state index < -0.39 is 63.8 Å². The van der Waals surface area contributed by atoms with Crippen LogP contribution in [0.4, 0.5) is 5.69 Å². The highest BCUT2D eigenvalue weighted by atomic mass is 35.5. The smallest absolute Gasteiger partial charge is 0.255 e. The van der Waals surface area contributed by atoms with Gasteiger partial charge < -0.3 is 31.9 Å². The Morgan fingerprint density at radius 1 is 1.24 bits per heavy atom. The number of primary amides is 1. The number of hydrogen-bond acceptors (Lipinski definition) is 9. The van der Waals surface area contributed by atoms with E-state index in [2.05, 4.69) is 0 Å². The Balaban J connectivity index is 0.00000306. The molecule has 8 N–H and O–H groups in total. The fourth-order valence-electron chi connectivity index (χ4n) is 5.31. The first-order valence-corrected chi connectivity index (χ1v) is 10.2. The van der Waals surface area contributed by atoms with Crippen molar-refractivity contribution in [1.82, 2.24) is 4.90 Å². The lowest BCUT2D eigenvalue weighted by Crippen LogP contribution is -2.65. The third-order valence-electron chi connectivity index (χ3n) is 6.72. The minimum Gasteiger partial charge on any atom is -0.508 e. The highest BCUT2D eigenvalue weighted by Gasteiger charge is 2.64. The normalized spacial score (nSPS) is 28.8. The summed E-state index contributed by atoms with van der Waals surface area (Å²) < 4.78 is 0. The Labute approximate surface area is 194 Å². The Bertz CT molecular complexity index is 1170. The van der Waals surface area contributed by atoms with Gasteiger partial charge in [0, 0.05) is 17.6 Å². The molecule has 4 atom stereocenters. The topological polar surface area (TPSA) is 187 Å². The van der Waals surface area contributed by atoms with Gasteiger partial charge in [0.05, 0.1) is 22.3 Å².